The number of halogens is 1. The van der Waals surface area contributed by atoms with Crippen LogP contribution in [0.1, 0.15) is 12.0 Å². The summed E-state index contributed by atoms with van der Waals surface area (Å²) in [7, 11) is 0. The number of carbonyl (C=O) groups excluding carboxylic acids is 1. The summed E-state index contributed by atoms with van der Waals surface area (Å²) in [5.41, 5.74) is 7.73. The average Bonchev–Trinajstić information content (AvgIpc) is 2.60. The summed E-state index contributed by atoms with van der Waals surface area (Å²) in [6, 6.07) is 5.97. The number of anilines is 1. The number of nitrogens with zero attached hydrogens (tertiary/aromatic N) is 1. The molecule has 1 fully saturated rings. The molecule has 1 heterocycles. The third-order valence-corrected chi connectivity index (χ3v) is 3.48. The van der Waals surface area contributed by atoms with Crippen molar-refractivity contribution in [3.8, 4) is 0 Å². The van der Waals surface area contributed by atoms with E-state index < -0.39 is 0 Å². The quantitative estimate of drug-likeness (QED) is 0.903. The van der Waals surface area contributed by atoms with E-state index in [1.54, 1.807) is 0 Å². The number of nitrogens with two attached hydrogens (primary N) is 1. The van der Waals surface area contributed by atoms with Gasteiger partial charge in [-0.25, -0.2) is 0 Å². The van der Waals surface area contributed by atoms with Gasteiger partial charge in [0.05, 0.1) is 0 Å². The Morgan fingerprint density at radius 3 is 2.88 bits per heavy atom. The fourth-order valence-electron chi connectivity index (χ4n) is 2.09. The SMILES string of the molecule is Cc1cc(Br)ccc1N1CC(CN)CC1=O. The van der Waals surface area contributed by atoms with Crippen LogP contribution in [0.5, 0.6) is 0 Å². The maximum absolute atomic E-state index is 11.8. The number of rotatable bonds is 2. The van der Waals surface area contributed by atoms with Crippen molar-refractivity contribution < 1.29 is 4.79 Å². The van der Waals surface area contributed by atoms with Crippen LogP contribution in [-0.2, 0) is 4.79 Å². The molecule has 0 bridgehead atoms. The summed E-state index contributed by atoms with van der Waals surface area (Å²) in [4.78, 5) is 13.7. The average molecular weight is 283 g/mol. The Bertz CT molecular complexity index is 419. The maximum Gasteiger partial charge on any atom is 0.227 e. The Kier molecular flexibility index (Phi) is 3.30. The van der Waals surface area contributed by atoms with Crippen molar-refractivity contribution in [1.82, 2.24) is 0 Å². The van der Waals surface area contributed by atoms with Gasteiger partial charge in [-0.2, -0.15) is 0 Å². The minimum Gasteiger partial charge on any atom is -0.330 e. The number of amides is 1. The molecule has 0 aromatic heterocycles. The van der Waals surface area contributed by atoms with Gasteiger partial charge in [-0.05, 0) is 43.1 Å². The fraction of sp³-hybridized carbons (Fsp3) is 0.417. The number of benzene rings is 1. The van der Waals surface area contributed by atoms with Gasteiger partial charge in [-0.3, -0.25) is 4.79 Å². The van der Waals surface area contributed by atoms with Gasteiger partial charge < -0.3 is 10.6 Å². The van der Waals surface area contributed by atoms with Gasteiger partial charge in [0.2, 0.25) is 5.91 Å². The molecule has 1 atom stereocenters. The third-order valence-electron chi connectivity index (χ3n) is 2.99. The zero-order valence-corrected chi connectivity index (χ0v) is 10.8. The van der Waals surface area contributed by atoms with E-state index in [9.17, 15) is 4.79 Å². The predicted octanol–water partition coefficient (Wildman–Crippen LogP) is 2.07. The first kappa shape index (κ1) is 11.6. The highest BCUT2D eigenvalue weighted by Gasteiger charge is 2.30. The van der Waals surface area contributed by atoms with E-state index in [-0.39, 0.29) is 5.91 Å². The topological polar surface area (TPSA) is 46.3 Å². The maximum atomic E-state index is 11.8. The van der Waals surface area contributed by atoms with Crippen LogP contribution in [0.3, 0.4) is 0 Å². The van der Waals surface area contributed by atoms with Crippen LogP contribution in [-0.4, -0.2) is 19.0 Å². The molecule has 1 aromatic rings. The summed E-state index contributed by atoms with van der Waals surface area (Å²) in [6.07, 6.45) is 0.575. The van der Waals surface area contributed by atoms with Crippen molar-refractivity contribution in [2.24, 2.45) is 11.7 Å². The molecule has 2 N–H and O–H groups in total. The van der Waals surface area contributed by atoms with Gasteiger partial charge >= 0.3 is 0 Å². The highest BCUT2D eigenvalue weighted by atomic mass is 79.9. The van der Waals surface area contributed by atoms with Crippen molar-refractivity contribution in [2.45, 2.75) is 13.3 Å². The molecule has 86 valence electrons. The van der Waals surface area contributed by atoms with Gasteiger partial charge in [0.1, 0.15) is 0 Å². The Balaban J connectivity index is 2.28. The van der Waals surface area contributed by atoms with Gasteiger partial charge in [0.15, 0.2) is 0 Å². The Morgan fingerprint density at radius 2 is 2.31 bits per heavy atom. The number of hydrogen-bond donors (Lipinski definition) is 1. The molecule has 1 aliphatic rings. The smallest absolute Gasteiger partial charge is 0.227 e. The van der Waals surface area contributed by atoms with Crippen molar-refractivity contribution in [1.29, 1.82) is 0 Å². The number of aryl methyl sites for hydroxylation is 1. The first-order chi connectivity index (χ1) is 7.61. The van der Waals surface area contributed by atoms with Crippen molar-refractivity contribution in [3.63, 3.8) is 0 Å². The predicted molar refractivity (Wildman–Crippen MR) is 68.4 cm³/mol. The normalized spacial score (nSPS) is 20.6. The van der Waals surface area contributed by atoms with Crippen molar-refractivity contribution >= 4 is 27.5 Å². The first-order valence-corrected chi connectivity index (χ1v) is 6.17. The molecule has 16 heavy (non-hydrogen) atoms. The Hall–Kier alpha value is -0.870. The third kappa shape index (κ3) is 2.13. The Morgan fingerprint density at radius 1 is 1.56 bits per heavy atom. The van der Waals surface area contributed by atoms with Crippen LogP contribution in [0, 0.1) is 12.8 Å². The zero-order valence-electron chi connectivity index (χ0n) is 9.24. The van der Waals surface area contributed by atoms with Gasteiger partial charge in [-0.1, -0.05) is 15.9 Å². The highest BCUT2D eigenvalue weighted by molar-refractivity contribution is 9.10. The molecule has 0 saturated carbocycles. The largest absolute Gasteiger partial charge is 0.330 e. The van der Waals surface area contributed by atoms with E-state index in [0.717, 1.165) is 22.3 Å². The molecule has 1 amide bonds. The Labute approximate surface area is 104 Å². The first-order valence-electron chi connectivity index (χ1n) is 5.38. The van der Waals surface area contributed by atoms with Gasteiger partial charge in [0.25, 0.3) is 0 Å². The molecule has 3 nitrogen and oxygen atoms in total. The van der Waals surface area contributed by atoms with Crippen LogP contribution in [0.15, 0.2) is 22.7 Å². The molecule has 0 aliphatic carbocycles. The van der Waals surface area contributed by atoms with E-state index in [4.69, 9.17) is 5.73 Å². The van der Waals surface area contributed by atoms with E-state index in [1.807, 2.05) is 30.0 Å². The van der Waals surface area contributed by atoms with Crippen LogP contribution in [0.4, 0.5) is 5.69 Å². The number of hydrogen-bond acceptors (Lipinski definition) is 2. The van der Waals surface area contributed by atoms with Crippen molar-refractivity contribution in [2.75, 3.05) is 18.0 Å². The van der Waals surface area contributed by atoms with Crippen LogP contribution >= 0.6 is 15.9 Å². The lowest BCUT2D eigenvalue weighted by molar-refractivity contribution is -0.117. The molecule has 1 unspecified atom stereocenters. The fourth-order valence-corrected chi connectivity index (χ4v) is 2.57. The second-order valence-corrected chi connectivity index (χ2v) is 5.16. The highest BCUT2D eigenvalue weighted by Crippen LogP contribution is 2.29. The van der Waals surface area contributed by atoms with Crippen LogP contribution < -0.4 is 10.6 Å². The van der Waals surface area contributed by atoms with E-state index >= 15 is 0 Å². The molecule has 1 aliphatic heterocycles. The lowest BCUT2D eigenvalue weighted by Gasteiger charge is -2.19. The molecular formula is C12H15BrN2O. The van der Waals surface area contributed by atoms with Crippen LogP contribution in [0.2, 0.25) is 0 Å². The van der Waals surface area contributed by atoms with Gasteiger partial charge in [0, 0.05) is 23.1 Å². The number of carbonyl (C=O) groups is 1. The summed E-state index contributed by atoms with van der Waals surface area (Å²) >= 11 is 3.42. The van der Waals surface area contributed by atoms with Crippen molar-refractivity contribution in [3.05, 3.63) is 28.2 Å². The molecule has 0 radical (unpaired) electrons. The summed E-state index contributed by atoms with van der Waals surface area (Å²) < 4.78 is 1.04. The summed E-state index contributed by atoms with van der Waals surface area (Å²) in [5.74, 6) is 0.483. The summed E-state index contributed by atoms with van der Waals surface area (Å²) in [5, 5.41) is 0. The minimum absolute atomic E-state index is 0.181. The molecule has 1 aromatic carbocycles. The second-order valence-electron chi connectivity index (χ2n) is 4.24. The lowest BCUT2D eigenvalue weighted by Crippen LogP contribution is -2.26. The molecule has 4 heteroatoms. The molecule has 0 spiro atoms. The lowest BCUT2D eigenvalue weighted by atomic mass is 10.1. The molecule has 2 rings (SSSR count). The van der Waals surface area contributed by atoms with E-state index in [1.165, 1.54) is 0 Å². The second kappa shape index (κ2) is 4.55. The zero-order chi connectivity index (χ0) is 11.7. The van der Waals surface area contributed by atoms with Crippen LogP contribution in [0.25, 0.3) is 0 Å². The monoisotopic (exact) mass is 282 g/mol. The molecule has 1 saturated heterocycles. The van der Waals surface area contributed by atoms with Gasteiger partial charge in [-0.15, -0.1) is 0 Å². The van der Waals surface area contributed by atoms with E-state index in [2.05, 4.69) is 15.9 Å². The minimum atomic E-state index is 0.181. The molecular weight excluding hydrogens is 268 g/mol. The summed E-state index contributed by atoms with van der Waals surface area (Å²) in [6.45, 7) is 3.35. The van der Waals surface area contributed by atoms with E-state index in [0.29, 0.717) is 18.9 Å². The standard InChI is InChI=1S/C12H15BrN2O/c1-8-4-10(13)2-3-11(8)15-7-9(6-14)5-12(15)16/h2-4,9H,5-7,14H2,1H3.